The molecule has 2 saturated heterocycles. The standard InChI is InChI=1S/C19H23ClF2N6/c20-14-6-2-1-5-13(14)11-24-16-15(23)17(28-10-7-19(21,22)12-28)26-18(25-16)27-8-3-4-9-27/h1-2,5-6H,3-4,7-12,23H2,(H,24,25,26). The summed E-state index contributed by atoms with van der Waals surface area (Å²) < 4.78 is 27.5. The Balaban J connectivity index is 1.65. The van der Waals surface area contributed by atoms with Crippen LogP contribution >= 0.6 is 11.6 Å². The predicted molar refractivity (Wildman–Crippen MR) is 108 cm³/mol. The maximum Gasteiger partial charge on any atom is 0.266 e. The lowest BCUT2D eigenvalue weighted by molar-refractivity contribution is 0.0257. The zero-order valence-electron chi connectivity index (χ0n) is 15.5. The first-order valence-electron chi connectivity index (χ1n) is 9.45. The quantitative estimate of drug-likeness (QED) is 0.784. The Hall–Kier alpha value is -2.35. The topological polar surface area (TPSA) is 70.3 Å². The minimum absolute atomic E-state index is 0.197. The lowest BCUT2D eigenvalue weighted by atomic mass is 10.2. The van der Waals surface area contributed by atoms with Crippen molar-refractivity contribution >= 4 is 34.9 Å². The van der Waals surface area contributed by atoms with Gasteiger partial charge in [-0.1, -0.05) is 29.8 Å². The summed E-state index contributed by atoms with van der Waals surface area (Å²) in [5.74, 6) is -1.38. The molecule has 0 bridgehead atoms. The van der Waals surface area contributed by atoms with Gasteiger partial charge in [0.05, 0.1) is 6.54 Å². The molecule has 0 amide bonds. The van der Waals surface area contributed by atoms with Crippen LogP contribution in [0, 0.1) is 0 Å². The average molecular weight is 409 g/mol. The molecule has 3 heterocycles. The second kappa shape index (κ2) is 7.58. The average Bonchev–Trinajstić information content (AvgIpc) is 3.32. The van der Waals surface area contributed by atoms with Crippen molar-refractivity contribution in [1.29, 1.82) is 0 Å². The summed E-state index contributed by atoms with van der Waals surface area (Å²) in [5.41, 5.74) is 7.48. The number of alkyl halides is 2. The molecule has 0 unspecified atom stereocenters. The monoisotopic (exact) mass is 408 g/mol. The summed E-state index contributed by atoms with van der Waals surface area (Å²) in [5, 5.41) is 3.86. The van der Waals surface area contributed by atoms with Crippen molar-refractivity contribution in [1.82, 2.24) is 9.97 Å². The molecule has 2 aromatic rings. The molecular formula is C19H23ClF2N6. The van der Waals surface area contributed by atoms with Gasteiger partial charge in [-0.3, -0.25) is 0 Å². The van der Waals surface area contributed by atoms with Gasteiger partial charge in [0, 0.05) is 37.6 Å². The van der Waals surface area contributed by atoms with E-state index in [0.717, 1.165) is 31.5 Å². The Morgan fingerprint density at radius 1 is 1.11 bits per heavy atom. The number of hydrogen-bond donors (Lipinski definition) is 2. The number of aromatic nitrogens is 2. The third-order valence-electron chi connectivity index (χ3n) is 5.18. The molecule has 3 N–H and O–H groups in total. The fourth-order valence-corrected chi connectivity index (χ4v) is 3.82. The summed E-state index contributed by atoms with van der Waals surface area (Å²) >= 11 is 6.23. The number of nitrogens with one attached hydrogen (secondary N) is 1. The molecule has 0 radical (unpaired) electrons. The number of rotatable bonds is 5. The summed E-state index contributed by atoms with van der Waals surface area (Å²) in [6.07, 6.45) is 1.93. The van der Waals surface area contributed by atoms with Crippen molar-refractivity contribution in [3.8, 4) is 0 Å². The van der Waals surface area contributed by atoms with E-state index in [0.29, 0.717) is 29.2 Å². The molecule has 2 aliphatic rings. The van der Waals surface area contributed by atoms with E-state index in [4.69, 9.17) is 17.3 Å². The SMILES string of the molecule is Nc1c(NCc2ccccc2Cl)nc(N2CCCC2)nc1N1CCC(F)(F)C1. The van der Waals surface area contributed by atoms with Gasteiger partial charge in [0.2, 0.25) is 5.95 Å². The molecule has 2 aliphatic heterocycles. The van der Waals surface area contributed by atoms with Crippen LogP contribution in [0.4, 0.5) is 32.1 Å². The molecule has 150 valence electrons. The Labute approximate surface area is 167 Å². The molecular weight excluding hydrogens is 386 g/mol. The zero-order chi connectivity index (χ0) is 19.7. The van der Waals surface area contributed by atoms with Crippen LogP contribution in [0.15, 0.2) is 24.3 Å². The Bertz CT molecular complexity index is 856. The fourth-order valence-electron chi connectivity index (χ4n) is 3.62. The van der Waals surface area contributed by atoms with Crippen molar-refractivity contribution in [2.24, 2.45) is 0 Å². The largest absolute Gasteiger partial charge is 0.393 e. The van der Waals surface area contributed by atoms with E-state index >= 15 is 0 Å². The number of nitrogens with two attached hydrogens (primary N) is 1. The fraction of sp³-hybridized carbons (Fsp3) is 0.474. The van der Waals surface area contributed by atoms with Crippen LogP contribution in [0.3, 0.4) is 0 Å². The minimum atomic E-state index is -2.73. The number of halogens is 3. The van der Waals surface area contributed by atoms with Crippen molar-refractivity contribution in [3.63, 3.8) is 0 Å². The van der Waals surface area contributed by atoms with E-state index in [1.54, 1.807) is 4.90 Å². The summed E-state index contributed by atoms with van der Waals surface area (Å²) in [6.45, 7) is 1.97. The van der Waals surface area contributed by atoms with E-state index in [1.807, 2.05) is 24.3 Å². The molecule has 0 saturated carbocycles. The van der Waals surface area contributed by atoms with Crippen LogP contribution in [-0.4, -0.2) is 42.1 Å². The van der Waals surface area contributed by atoms with Crippen LogP contribution in [0.1, 0.15) is 24.8 Å². The molecule has 9 heteroatoms. The van der Waals surface area contributed by atoms with Crippen molar-refractivity contribution in [2.45, 2.75) is 31.7 Å². The summed E-state index contributed by atoms with van der Waals surface area (Å²) in [6, 6.07) is 7.49. The van der Waals surface area contributed by atoms with Crippen molar-refractivity contribution in [2.75, 3.05) is 47.0 Å². The van der Waals surface area contributed by atoms with Gasteiger partial charge in [-0.2, -0.15) is 9.97 Å². The second-order valence-corrected chi connectivity index (χ2v) is 7.68. The normalized spacial score (nSPS) is 18.7. The first-order chi connectivity index (χ1) is 13.4. The first kappa shape index (κ1) is 19.0. The Morgan fingerprint density at radius 3 is 2.54 bits per heavy atom. The third kappa shape index (κ3) is 3.92. The van der Waals surface area contributed by atoms with Gasteiger partial charge in [-0.25, -0.2) is 8.78 Å². The molecule has 6 nitrogen and oxygen atoms in total. The molecule has 0 spiro atoms. The number of nitrogens with zero attached hydrogens (tertiary/aromatic N) is 4. The van der Waals surface area contributed by atoms with E-state index < -0.39 is 5.92 Å². The van der Waals surface area contributed by atoms with Gasteiger partial charge >= 0.3 is 0 Å². The lowest BCUT2D eigenvalue weighted by Crippen LogP contribution is -2.29. The highest BCUT2D eigenvalue weighted by atomic mass is 35.5. The van der Waals surface area contributed by atoms with Gasteiger partial charge < -0.3 is 20.9 Å². The number of benzene rings is 1. The van der Waals surface area contributed by atoms with E-state index in [9.17, 15) is 8.78 Å². The minimum Gasteiger partial charge on any atom is -0.393 e. The van der Waals surface area contributed by atoms with Gasteiger partial charge in [0.25, 0.3) is 5.92 Å². The van der Waals surface area contributed by atoms with Gasteiger partial charge in [0.1, 0.15) is 5.69 Å². The summed E-state index contributed by atoms with van der Waals surface area (Å²) in [4.78, 5) is 12.8. The molecule has 0 aliphatic carbocycles. The maximum atomic E-state index is 13.8. The smallest absolute Gasteiger partial charge is 0.266 e. The van der Waals surface area contributed by atoms with E-state index in [2.05, 4.69) is 20.2 Å². The molecule has 2 fully saturated rings. The number of anilines is 4. The highest BCUT2D eigenvalue weighted by Gasteiger charge is 2.40. The van der Waals surface area contributed by atoms with Crippen LogP contribution in [0.5, 0.6) is 0 Å². The van der Waals surface area contributed by atoms with Crippen molar-refractivity contribution in [3.05, 3.63) is 34.9 Å². The Morgan fingerprint density at radius 2 is 1.86 bits per heavy atom. The number of nitrogen functional groups attached to an aromatic ring is 1. The first-order valence-corrected chi connectivity index (χ1v) is 9.83. The summed E-state index contributed by atoms with van der Waals surface area (Å²) in [7, 11) is 0. The van der Waals surface area contributed by atoms with Crippen LogP contribution in [0.2, 0.25) is 5.02 Å². The molecule has 1 aromatic carbocycles. The highest BCUT2D eigenvalue weighted by molar-refractivity contribution is 6.31. The van der Waals surface area contributed by atoms with E-state index in [1.165, 1.54) is 0 Å². The molecule has 28 heavy (non-hydrogen) atoms. The zero-order valence-corrected chi connectivity index (χ0v) is 16.2. The number of hydrogen-bond acceptors (Lipinski definition) is 6. The molecule has 1 aromatic heterocycles. The van der Waals surface area contributed by atoms with Crippen LogP contribution < -0.4 is 20.9 Å². The van der Waals surface area contributed by atoms with Crippen molar-refractivity contribution < 1.29 is 8.78 Å². The predicted octanol–water partition coefficient (Wildman–Crippen LogP) is 3.77. The second-order valence-electron chi connectivity index (χ2n) is 7.28. The van der Waals surface area contributed by atoms with Gasteiger partial charge in [-0.05, 0) is 24.5 Å². The Kier molecular flexibility index (Phi) is 5.14. The van der Waals surface area contributed by atoms with E-state index in [-0.39, 0.29) is 25.2 Å². The van der Waals surface area contributed by atoms with Crippen LogP contribution in [-0.2, 0) is 6.54 Å². The molecule has 0 atom stereocenters. The maximum absolute atomic E-state index is 13.8. The van der Waals surface area contributed by atoms with Gasteiger partial charge in [0.15, 0.2) is 11.6 Å². The van der Waals surface area contributed by atoms with Gasteiger partial charge in [-0.15, -0.1) is 0 Å². The highest BCUT2D eigenvalue weighted by Crippen LogP contribution is 2.36. The lowest BCUT2D eigenvalue weighted by Gasteiger charge is -2.24. The van der Waals surface area contributed by atoms with Crippen LogP contribution in [0.25, 0.3) is 0 Å². The third-order valence-corrected chi connectivity index (χ3v) is 5.54. The molecule has 4 rings (SSSR count).